The van der Waals surface area contributed by atoms with Crippen LogP contribution in [0, 0.1) is 0 Å². The summed E-state index contributed by atoms with van der Waals surface area (Å²) in [6, 6.07) is 0.577. The zero-order valence-corrected chi connectivity index (χ0v) is 14.2. The van der Waals surface area contributed by atoms with Gasteiger partial charge in [-0.2, -0.15) is 0 Å². The average Bonchev–Trinajstić information content (AvgIpc) is 2.81. The standard InChI is InChI=1S/C18H35N2/c1-5-7-8-9-10-11-12-13-18-19(14-6-2)15-16-20(18)17(3)4/h15-17H,5-14H2,1-4H3/q+1. The van der Waals surface area contributed by atoms with E-state index in [2.05, 4.69) is 49.2 Å². The van der Waals surface area contributed by atoms with Crippen LogP contribution in [0.15, 0.2) is 12.4 Å². The Morgan fingerprint density at radius 1 is 0.950 bits per heavy atom. The molecule has 1 aromatic rings. The van der Waals surface area contributed by atoms with Gasteiger partial charge in [-0.05, 0) is 26.7 Å². The van der Waals surface area contributed by atoms with Crippen molar-refractivity contribution in [2.75, 3.05) is 0 Å². The lowest BCUT2D eigenvalue weighted by atomic mass is 10.1. The Hall–Kier alpha value is -0.790. The van der Waals surface area contributed by atoms with Crippen molar-refractivity contribution in [2.24, 2.45) is 0 Å². The molecule has 0 aromatic carbocycles. The second kappa shape index (κ2) is 10.0. The quantitative estimate of drug-likeness (QED) is 0.395. The molecule has 0 aliphatic carbocycles. The Kier molecular flexibility index (Phi) is 8.64. The Morgan fingerprint density at radius 3 is 2.20 bits per heavy atom. The third-order valence-electron chi connectivity index (χ3n) is 4.06. The molecule has 0 N–H and O–H groups in total. The SMILES string of the molecule is CCCCCCCCCc1n(C(C)C)cc[n+]1CCC. The summed E-state index contributed by atoms with van der Waals surface area (Å²) in [5, 5.41) is 0. The normalized spacial score (nSPS) is 11.4. The molecule has 0 spiro atoms. The molecule has 0 atom stereocenters. The molecular weight excluding hydrogens is 244 g/mol. The molecule has 0 saturated carbocycles. The minimum Gasteiger partial charge on any atom is -0.234 e. The summed E-state index contributed by atoms with van der Waals surface area (Å²) in [6.45, 7) is 10.3. The van der Waals surface area contributed by atoms with Crippen LogP contribution in [0.2, 0.25) is 0 Å². The molecule has 116 valence electrons. The van der Waals surface area contributed by atoms with Gasteiger partial charge in [0.1, 0.15) is 12.4 Å². The monoisotopic (exact) mass is 279 g/mol. The molecule has 1 rings (SSSR count). The molecule has 2 heteroatoms. The van der Waals surface area contributed by atoms with E-state index in [4.69, 9.17) is 0 Å². The molecule has 1 heterocycles. The van der Waals surface area contributed by atoms with Gasteiger partial charge in [-0.3, -0.25) is 0 Å². The van der Waals surface area contributed by atoms with Gasteiger partial charge >= 0.3 is 0 Å². The van der Waals surface area contributed by atoms with E-state index in [1.165, 1.54) is 63.6 Å². The molecule has 20 heavy (non-hydrogen) atoms. The number of unbranched alkanes of at least 4 members (excludes halogenated alkanes) is 6. The largest absolute Gasteiger partial charge is 0.256 e. The highest BCUT2D eigenvalue weighted by molar-refractivity contribution is 4.86. The zero-order valence-electron chi connectivity index (χ0n) is 14.2. The van der Waals surface area contributed by atoms with Crippen LogP contribution in [0.3, 0.4) is 0 Å². The van der Waals surface area contributed by atoms with Crippen LogP contribution in [0.4, 0.5) is 0 Å². The molecule has 0 bridgehead atoms. The first-order valence-corrected chi connectivity index (χ1v) is 8.79. The first-order valence-electron chi connectivity index (χ1n) is 8.79. The van der Waals surface area contributed by atoms with Gasteiger partial charge in [0.2, 0.25) is 0 Å². The molecule has 0 unspecified atom stereocenters. The fourth-order valence-corrected chi connectivity index (χ4v) is 2.90. The van der Waals surface area contributed by atoms with Crippen molar-refractivity contribution in [3.05, 3.63) is 18.2 Å². The summed E-state index contributed by atoms with van der Waals surface area (Å²) in [4.78, 5) is 0. The lowest BCUT2D eigenvalue weighted by Crippen LogP contribution is -2.37. The molecule has 0 aliphatic heterocycles. The summed E-state index contributed by atoms with van der Waals surface area (Å²) in [6.07, 6.45) is 16.7. The summed E-state index contributed by atoms with van der Waals surface area (Å²) in [5.74, 6) is 1.52. The summed E-state index contributed by atoms with van der Waals surface area (Å²) in [5.41, 5.74) is 0. The second-order valence-corrected chi connectivity index (χ2v) is 6.28. The lowest BCUT2D eigenvalue weighted by molar-refractivity contribution is -0.704. The fourth-order valence-electron chi connectivity index (χ4n) is 2.90. The summed E-state index contributed by atoms with van der Waals surface area (Å²) < 4.78 is 4.91. The average molecular weight is 279 g/mol. The Morgan fingerprint density at radius 2 is 1.60 bits per heavy atom. The fraction of sp³-hybridized carbons (Fsp3) is 0.833. The van der Waals surface area contributed by atoms with Gasteiger partial charge in [0, 0.05) is 6.42 Å². The number of rotatable bonds is 11. The number of aryl methyl sites for hydroxylation is 1. The minimum atomic E-state index is 0.577. The highest BCUT2D eigenvalue weighted by Gasteiger charge is 2.18. The van der Waals surface area contributed by atoms with E-state index in [-0.39, 0.29) is 0 Å². The van der Waals surface area contributed by atoms with Gasteiger partial charge < -0.3 is 0 Å². The zero-order chi connectivity index (χ0) is 14.8. The van der Waals surface area contributed by atoms with Crippen LogP contribution in [-0.4, -0.2) is 4.57 Å². The van der Waals surface area contributed by atoms with Crippen molar-refractivity contribution in [1.82, 2.24) is 4.57 Å². The van der Waals surface area contributed by atoms with Gasteiger partial charge in [-0.25, -0.2) is 9.13 Å². The molecule has 0 amide bonds. The minimum absolute atomic E-state index is 0.577. The van der Waals surface area contributed by atoms with E-state index in [0.717, 1.165) is 6.54 Å². The van der Waals surface area contributed by atoms with E-state index in [1.54, 1.807) is 0 Å². The molecule has 2 nitrogen and oxygen atoms in total. The van der Waals surface area contributed by atoms with Gasteiger partial charge in [-0.1, -0.05) is 52.4 Å². The highest BCUT2D eigenvalue weighted by Crippen LogP contribution is 2.12. The summed E-state index contributed by atoms with van der Waals surface area (Å²) >= 11 is 0. The molecular formula is C18H35N2+. The smallest absolute Gasteiger partial charge is 0.234 e. The summed E-state index contributed by atoms with van der Waals surface area (Å²) in [7, 11) is 0. The van der Waals surface area contributed by atoms with Crippen molar-refractivity contribution in [3.63, 3.8) is 0 Å². The van der Waals surface area contributed by atoms with Crippen molar-refractivity contribution in [2.45, 2.75) is 98.1 Å². The maximum absolute atomic E-state index is 2.46. The maximum Gasteiger partial charge on any atom is 0.256 e. The molecule has 0 fully saturated rings. The van der Waals surface area contributed by atoms with E-state index in [1.807, 2.05) is 0 Å². The third kappa shape index (κ3) is 5.68. The third-order valence-corrected chi connectivity index (χ3v) is 4.06. The van der Waals surface area contributed by atoms with Gasteiger partial charge in [0.15, 0.2) is 0 Å². The number of aromatic nitrogens is 2. The predicted octanol–water partition coefficient (Wildman–Crippen LogP) is 5.06. The number of imidazole rings is 1. The van der Waals surface area contributed by atoms with Gasteiger partial charge in [0.05, 0.1) is 12.6 Å². The van der Waals surface area contributed by atoms with Crippen molar-refractivity contribution >= 4 is 0 Å². The van der Waals surface area contributed by atoms with Crippen LogP contribution in [0.25, 0.3) is 0 Å². The van der Waals surface area contributed by atoms with Crippen LogP contribution >= 0.6 is 0 Å². The first kappa shape index (κ1) is 17.3. The Balaban J connectivity index is 2.39. The van der Waals surface area contributed by atoms with Crippen LogP contribution in [-0.2, 0) is 13.0 Å². The number of hydrogen-bond donors (Lipinski definition) is 0. The van der Waals surface area contributed by atoms with Gasteiger partial charge in [0.25, 0.3) is 5.82 Å². The topological polar surface area (TPSA) is 8.81 Å². The van der Waals surface area contributed by atoms with E-state index in [0.29, 0.717) is 6.04 Å². The van der Waals surface area contributed by atoms with Crippen LogP contribution in [0.5, 0.6) is 0 Å². The van der Waals surface area contributed by atoms with Gasteiger partial charge in [-0.15, -0.1) is 0 Å². The van der Waals surface area contributed by atoms with Crippen LogP contribution < -0.4 is 4.57 Å². The first-order chi connectivity index (χ1) is 9.70. The van der Waals surface area contributed by atoms with E-state index < -0.39 is 0 Å². The Labute approximate surface area is 126 Å². The van der Waals surface area contributed by atoms with Crippen molar-refractivity contribution in [1.29, 1.82) is 0 Å². The predicted molar refractivity (Wildman–Crippen MR) is 87.0 cm³/mol. The van der Waals surface area contributed by atoms with E-state index >= 15 is 0 Å². The number of nitrogens with zero attached hydrogens (tertiary/aromatic N) is 2. The lowest BCUT2D eigenvalue weighted by Gasteiger charge is -2.07. The molecule has 1 aromatic heterocycles. The molecule has 0 aliphatic rings. The van der Waals surface area contributed by atoms with Crippen LogP contribution in [0.1, 0.15) is 90.9 Å². The molecule has 0 saturated heterocycles. The Bertz CT molecular complexity index is 352. The van der Waals surface area contributed by atoms with Crippen molar-refractivity contribution in [3.8, 4) is 0 Å². The van der Waals surface area contributed by atoms with Crippen molar-refractivity contribution < 1.29 is 4.57 Å². The molecule has 0 radical (unpaired) electrons. The number of hydrogen-bond acceptors (Lipinski definition) is 0. The van der Waals surface area contributed by atoms with E-state index in [9.17, 15) is 0 Å². The highest BCUT2D eigenvalue weighted by atomic mass is 15.2. The maximum atomic E-state index is 2.46. The second-order valence-electron chi connectivity index (χ2n) is 6.28.